The van der Waals surface area contributed by atoms with E-state index in [-0.39, 0.29) is 18.8 Å². The van der Waals surface area contributed by atoms with E-state index in [1.807, 2.05) is 6.92 Å². The zero-order chi connectivity index (χ0) is 19.5. The van der Waals surface area contributed by atoms with Gasteiger partial charge in [-0.2, -0.15) is 0 Å². The van der Waals surface area contributed by atoms with Crippen molar-refractivity contribution in [3.05, 3.63) is 35.9 Å². The second kappa shape index (κ2) is 10.7. The van der Waals surface area contributed by atoms with Crippen molar-refractivity contribution in [2.75, 3.05) is 0 Å². The number of imide groups is 1. The molecule has 0 heterocycles. The summed E-state index contributed by atoms with van der Waals surface area (Å²) in [5, 5.41) is 11.1. The van der Waals surface area contributed by atoms with E-state index in [2.05, 4.69) is 21.2 Å². The molecular weight excluding hydrogens is 340 g/mol. The Kier molecular flexibility index (Phi) is 8.58. The molecule has 0 saturated carbocycles. The van der Waals surface area contributed by atoms with E-state index < -0.39 is 30.0 Å². The molecule has 0 bridgehead atoms. The van der Waals surface area contributed by atoms with E-state index in [1.165, 1.54) is 0 Å². The lowest BCUT2D eigenvalue weighted by Gasteiger charge is -2.18. The number of carbonyl (C=O) groups is 3. The Balaban J connectivity index is 2.56. The third-order valence-corrected chi connectivity index (χ3v) is 3.42. The van der Waals surface area contributed by atoms with Gasteiger partial charge in [0.05, 0.1) is 18.5 Å². The Morgan fingerprint density at radius 2 is 1.81 bits per heavy atom. The molecule has 26 heavy (non-hydrogen) atoms. The van der Waals surface area contributed by atoms with Crippen LogP contribution in [-0.4, -0.2) is 35.0 Å². The minimum absolute atomic E-state index is 0.0565. The zero-order valence-corrected chi connectivity index (χ0v) is 14.4. The number of carboxylic acid groups (broad SMARTS) is 1. The van der Waals surface area contributed by atoms with Crippen molar-refractivity contribution < 1.29 is 19.5 Å². The lowest BCUT2D eigenvalue weighted by atomic mass is 10.0. The summed E-state index contributed by atoms with van der Waals surface area (Å²) in [5.41, 5.74) is 16.1. The molecular formula is C16H24N6O4. The summed E-state index contributed by atoms with van der Waals surface area (Å²) in [6.45, 7) is 1.81. The number of urea groups is 1. The third-order valence-electron chi connectivity index (χ3n) is 3.42. The molecule has 142 valence electrons. The zero-order valence-electron chi connectivity index (χ0n) is 14.4. The molecule has 2 unspecified atom stereocenters. The van der Waals surface area contributed by atoms with Gasteiger partial charge >= 0.3 is 12.0 Å². The van der Waals surface area contributed by atoms with Crippen LogP contribution in [0.15, 0.2) is 35.3 Å². The van der Waals surface area contributed by atoms with Crippen molar-refractivity contribution in [2.45, 2.75) is 38.3 Å². The highest BCUT2D eigenvalue weighted by Crippen LogP contribution is 2.15. The maximum Gasteiger partial charge on any atom is 0.335 e. The molecule has 2 atom stereocenters. The van der Waals surface area contributed by atoms with Gasteiger partial charge in [-0.05, 0) is 12.0 Å². The number of nitrogens with zero attached hydrogens (tertiary/aromatic N) is 1. The summed E-state index contributed by atoms with van der Waals surface area (Å²) in [6.07, 6.45) is 0.222. The van der Waals surface area contributed by atoms with Crippen LogP contribution in [0.2, 0.25) is 0 Å². The summed E-state index contributed by atoms with van der Waals surface area (Å²) in [5.74, 6) is -1.72. The van der Waals surface area contributed by atoms with E-state index in [4.69, 9.17) is 16.6 Å². The molecule has 10 nitrogen and oxygen atoms in total. The van der Waals surface area contributed by atoms with Crippen LogP contribution in [0.4, 0.5) is 4.79 Å². The van der Waals surface area contributed by atoms with Crippen molar-refractivity contribution in [3.8, 4) is 0 Å². The first kappa shape index (κ1) is 20.9. The fourth-order valence-corrected chi connectivity index (χ4v) is 2.18. The lowest BCUT2D eigenvalue weighted by molar-refractivity contribution is -0.137. The number of rotatable bonds is 9. The summed E-state index contributed by atoms with van der Waals surface area (Å²) in [6, 6.07) is 6.87. The maximum atomic E-state index is 11.9. The van der Waals surface area contributed by atoms with Gasteiger partial charge in [-0.1, -0.05) is 37.3 Å². The highest BCUT2D eigenvalue weighted by Gasteiger charge is 2.18. The van der Waals surface area contributed by atoms with Gasteiger partial charge in [0.1, 0.15) is 0 Å². The standard InChI is InChI=1S/C16H24N6O4/c1-2-11(19-15(17)18)8-13(23)20-16(26)22-21-12(9-14(24)25)10-6-4-3-5-7-10/h3-7,11-12,21H,2,8-9H2,1H3,(H,24,25)(H4,17,18,19)(H2,20,22,23,26). The van der Waals surface area contributed by atoms with Crippen molar-refractivity contribution in [3.63, 3.8) is 0 Å². The van der Waals surface area contributed by atoms with Crippen LogP contribution < -0.4 is 27.6 Å². The summed E-state index contributed by atoms with van der Waals surface area (Å²) >= 11 is 0. The predicted molar refractivity (Wildman–Crippen MR) is 95.8 cm³/mol. The Hall–Kier alpha value is -3.14. The van der Waals surface area contributed by atoms with Gasteiger partial charge in [-0.3, -0.25) is 20.3 Å². The van der Waals surface area contributed by atoms with E-state index in [9.17, 15) is 14.4 Å². The van der Waals surface area contributed by atoms with Crippen LogP contribution in [0.3, 0.4) is 0 Å². The number of hydrazine groups is 1. The van der Waals surface area contributed by atoms with Crippen LogP contribution >= 0.6 is 0 Å². The second-order valence-electron chi connectivity index (χ2n) is 5.53. The molecule has 0 saturated heterocycles. The minimum Gasteiger partial charge on any atom is -0.481 e. The molecule has 1 aromatic carbocycles. The molecule has 10 heteroatoms. The molecule has 3 amide bonds. The molecule has 0 aliphatic carbocycles. The van der Waals surface area contributed by atoms with Crippen LogP contribution in [0, 0.1) is 0 Å². The molecule has 1 aromatic rings. The highest BCUT2D eigenvalue weighted by molar-refractivity contribution is 5.94. The largest absolute Gasteiger partial charge is 0.481 e. The predicted octanol–water partition coefficient (Wildman–Crippen LogP) is -0.0251. The van der Waals surface area contributed by atoms with Gasteiger partial charge in [0.2, 0.25) is 5.91 Å². The Labute approximate surface area is 151 Å². The normalized spacial score (nSPS) is 12.5. The second-order valence-corrected chi connectivity index (χ2v) is 5.53. The van der Waals surface area contributed by atoms with Crippen molar-refractivity contribution in [1.82, 2.24) is 16.2 Å². The van der Waals surface area contributed by atoms with E-state index in [1.54, 1.807) is 30.3 Å². The number of hydrogen-bond acceptors (Lipinski definition) is 5. The first-order chi connectivity index (χ1) is 12.3. The quantitative estimate of drug-likeness (QED) is 0.203. The first-order valence-corrected chi connectivity index (χ1v) is 8.02. The van der Waals surface area contributed by atoms with Gasteiger partial charge < -0.3 is 16.6 Å². The Morgan fingerprint density at radius 3 is 2.35 bits per heavy atom. The number of guanidine groups is 1. The molecule has 0 aliphatic rings. The van der Waals surface area contributed by atoms with Gasteiger partial charge in [0, 0.05) is 6.42 Å². The molecule has 8 N–H and O–H groups in total. The third kappa shape index (κ3) is 8.11. The minimum atomic E-state index is -1.03. The first-order valence-electron chi connectivity index (χ1n) is 8.02. The van der Waals surface area contributed by atoms with E-state index in [0.29, 0.717) is 12.0 Å². The van der Waals surface area contributed by atoms with Gasteiger partial charge in [-0.15, -0.1) is 0 Å². The summed E-state index contributed by atoms with van der Waals surface area (Å²) in [4.78, 5) is 38.6. The number of nitrogens with one attached hydrogen (secondary N) is 3. The van der Waals surface area contributed by atoms with Crippen molar-refractivity contribution >= 4 is 23.9 Å². The lowest BCUT2D eigenvalue weighted by Crippen LogP contribution is -2.48. The molecule has 0 aliphatic heterocycles. The van der Waals surface area contributed by atoms with Gasteiger partial charge in [0.25, 0.3) is 0 Å². The molecule has 0 fully saturated rings. The molecule has 0 radical (unpaired) electrons. The van der Waals surface area contributed by atoms with Gasteiger partial charge in [0.15, 0.2) is 5.96 Å². The van der Waals surface area contributed by atoms with Crippen LogP contribution in [0.5, 0.6) is 0 Å². The smallest absolute Gasteiger partial charge is 0.335 e. The highest BCUT2D eigenvalue weighted by atomic mass is 16.4. The molecule has 1 rings (SSSR count). The number of carboxylic acids is 1. The number of nitrogens with two attached hydrogens (primary N) is 2. The van der Waals surface area contributed by atoms with E-state index >= 15 is 0 Å². The van der Waals surface area contributed by atoms with Crippen LogP contribution in [-0.2, 0) is 9.59 Å². The Morgan fingerprint density at radius 1 is 1.15 bits per heavy atom. The molecule has 0 aromatic heterocycles. The Bertz CT molecular complexity index is 645. The van der Waals surface area contributed by atoms with E-state index in [0.717, 1.165) is 0 Å². The fraction of sp³-hybridized carbons (Fsp3) is 0.375. The molecule has 0 spiro atoms. The topological polar surface area (TPSA) is 172 Å². The SMILES string of the molecule is CCC(CC(=O)NC(=O)NNC(CC(=O)O)c1ccccc1)N=C(N)N. The van der Waals surface area contributed by atoms with Crippen LogP contribution in [0.25, 0.3) is 0 Å². The fourth-order valence-electron chi connectivity index (χ4n) is 2.18. The number of aliphatic carboxylic acids is 1. The summed E-state index contributed by atoms with van der Waals surface area (Å²) < 4.78 is 0. The van der Waals surface area contributed by atoms with Crippen molar-refractivity contribution in [2.24, 2.45) is 16.5 Å². The number of hydrogen-bond donors (Lipinski definition) is 6. The average molecular weight is 364 g/mol. The monoisotopic (exact) mass is 364 g/mol. The number of carbonyl (C=O) groups excluding carboxylic acids is 2. The number of benzene rings is 1. The maximum absolute atomic E-state index is 11.9. The number of amides is 3. The summed E-state index contributed by atoms with van der Waals surface area (Å²) in [7, 11) is 0. The van der Waals surface area contributed by atoms with Gasteiger partial charge in [-0.25, -0.2) is 15.2 Å². The van der Waals surface area contributed by atoms with Crippen molar-refractivity contribution in [1.29, 1.82) is 0 Å². The average Bonchev–Trinajstić information content (AvgIpc) is 2.57. The van der Waals surface area contributed by atoms with Crippen LogP contribution in [0.1, 0.15) is 37.8 Å². The number of aliphatic imine (C=N–C) groups is 1.